The molecule has 1 amide bonds. The number of aliphatic hydroxyl groups excluding tert-OH is 1. The lowest BCUT2D eigenvalue weighted by Gasteiger charge is -2.16. The minimum atomic E-state index is -0.273. The summed E-state index contributed by atoms with van der Waals surface area (Å²) in [5, 5.41) is 12.3. The van der Waals surface area contributed by atoms with Crippen molar-refractivity contribution in [3.8, 4) is 0 Å². The Kier molecular flexibility index (Phi) is 4.91. The second-order valence-electron chi connectivity index (χ2n) is 4.91. The van der Waals surface area contributed by atoms with Crippen molar-refractivity contribution in [1.82, 2.24) is 5.32 Å². The quantitative estimate of drug-likeness (QED) is 0.875. The van der Waals surface area contributed by atoms with E-state index in [0.717, 1.165) is 5.56 Å². The molecule has 0 radical (unpaired) electrons. The predicted molar refractivity (Wildman–Crippen MR) is 79.7 cm³/mol. The van der Waals surface area contributed by atoms with Crippen molar-refractivity contribution in [3.63, 3.8) is 0 Å². The average Bonchev–Trinajstić information content (AvgIpc) is 2.49. The highest BCUT2D eigenvalue weighted by atomic mass is 16.3. The van der Waals surface area contributed by atoms with E-state index in [1.165, 1.54) is 5.56 Å². The van der Waals surface area contributed by atoms with Crippen molar-refractivity contribution in [2.75, 3.05) is 6.61 Å². The zero-order chi connectivity index (χ0) is 14.4. The van der Waals surface area contributed by atoms with Crippen LogP contribution < -0.4 is 5.32 Å². The van der Waals surface area contributed by atoms with Crippen LogP contribution in [-0.4, -0.2) is 23.7 Å². The van der Waals surface area contributed by atoms with Gasteiger partial charge in [-0.25, -0.2) is 0 Å². The van der Waals surface area contributed by atoms with Crippen molar-refractivity contribution in [2.24, 2.45) is 0 Å². The van der Waals surface area contributed by atoms with Gasteiger partial charge in [0.15, 0.2) is 0 Å². The molecule has 0 aliphatic heterocycles. The normalized spacial score (nSPS) is 11.9. The SMILES string of the molecule is Cc1ccc(C[C@@H](CO)NC(=O)c2ccccc2)cc1. The van der Waals surface area contributed by atoms with Gasteiger partial charge in [0.05, 0.1) is 12.6 Å². The Bertz CT molecular complexity index is 549. The minimum absolute atomic E-state index is 0.0769. The summed E-state index contributed by atoms with van der Waals surface area (Å²) in [7, 11) is 0. The summed E-state index contributed by atoms with van der Waals surface area (Å²) < 4.78 is 0. The molecule has 0 saturated heterocycles. The van der Waals surface area contributed by atoms with E-state index in [1.807, 2.05) is 49.4 Å². The summed E-state index contributed by atoms with van der Waals surface area (Å²) in [6, 6.07) is 16.9. The summed E-state index contributed by atoms with van der Waals surface area (Å²) in [5.41, 5.74) is 2.90. The number of aliphatic hydroxyl groups is 1. The Morgan fingerprint density at radius 1 is 1.10 bits per heavy atom. The zero-order valence-electron chi connectivity index (χ0n) is 11.5. The molecule has 0 aliphatic carbocycles. The Labute approximate surface area is 119 Å². The van der Waals surface area contributed by atoms with Crippen LogP contribution in [0.2, 0.25) is 0 Å². The molecule has 2 aromatic rings. The van der Waals surface area contributed by atoms with Crippen molar-refractivity contribution in [1.29, 1.82) is 0 Å². The van der Waals surface area contributed by atoms with Crippen LogP contribution >= 0.6 is 0 Å². The lowest BCUT2D eigenvalue weighted by Crippen LogP contribution is -2.39. The highest BCUT2D eigenvalue weighted by Crippen LogP contribution is 2.07. The molecule has 0 bridgehead atoms. The monoisotopic (exact) mass is 269 g/mol. The lowest BCUT2D eigenvalue weighted by molar-refractivity contribution is 0.0916. The molecule has 0 heterocycles. The number of nitrogens with one attached hydrogen (secondary N) is 1. The van der Waals surface area contributed by atoms with Gasteiger partial charge in [-0.3, -0.25) is 4.79 Å². The minimum Gasteiger partial charge on any atom is -0.394 e. The Morgan fingerprint density at radius 2 is 1.75 bits per heavy atom. The van der Waals surface area contributed by atoms with E-state index in [1.54, 1.807) is 12.1 Å². The first-order valence-electron chi connectivity index (χ1n) is 6.71. The molecule has 1 atom stereocenters. The Hall–Kier alpha value is -2.13. The highest BCUT2D eigenvalue weighted by Gasteiger charge is 2.13. The van der Waals surface area contributed by atoms with Crippen molar-refractivity contribution >= 4 is 5.91 Å². The van der Waals surface area contributed by atoms with E-state index in [4.69, 9.17) is 0 Å². The van der Waals surface area contributed by atoms with Crippen LogP contribution in [0.1, 0.15) is 21.5 Å². The summed E-state index contributed by atoms with van der Waals surface area (Å²) in [6.07, 6.45) is 0.620. The third-order valence-electron chi connectivity index (χ3n) is 3.19. The fourth-order valence-corrected chi connectivity index (χ4v) is 2.03. The molecule has 2 rings (SSSR count). The second-order valence-corrected chi connectivity index (χ2v) is 4.91. The van der Waals surface area contributed by atoms with Gasteiger partial charge in [0.2, 0.25) is 0 Å². The summed E-state index contributed by atoms with van der Waals surface area (Å²) in [4.78, 5) is 12.0. The van der Waals surface area contributed by atoms with E-state index in [9.17, 15) is 9.90 Å². The van der Waals surface area contributed by atoms with Crippen LogP contribution in [-0.2, 0) is 6.42 Å². The molecule has 3 heteroatoms. The van der Waals surface area contributed by atoms with Gasteiger partial charge >= 0.3 is 0 Å². The van der Waals surface area contributed by atoms with Crippen LogP contribution in [0.25, 0.3) is 0 Å². The molecule has 20 heavy (non-hydrogen) atoms. The number of hydrogen-bond donors (Lipinski definition) is 2. The smallest absolute Gasteiger partial charge is 0.251 e. The Balaban J connectivity index is 1.99. The first kappa shape index (κ1) is 14.3. The second kappa shape index (κ2) is 6.87. The number of rotatable bonds is 5. The lowest BCUT2D eigenvalue weighted by atomic mass is 10.0. The Morgan fingerprint density at radius 3 is 2.35 bits per heavy atom. The van der Waals surface area contributed by atoms with E-state index < -0.39 is 0 Å². The maximum Gasteiger partial charge on any atom is 0.251 e. The fourth-order valence-electron chi connectivity index (χ4n) is 2.03. The first-order chi connectivity index (χ1) is 9.69. The van der Waals surface area contributed by atoms with Crippen LogP contribution in [0.4, 0.5) is 0 Å². The molecule has 2 aromatic carbocycles. The number of carbonyl (C=O) groups is 1. The third kappa shape index (κ3) is 3.93. The van der Waals surface area contributed by atoms with Crippen molar-refractivity contribution in [3.05, 3.63) is 71.3 Å². The van der Waals surface area contributed by atoms with Gasteiger partial charge in [-0.2, -0.15) is 0 Å². The number of amides is 1. The molecular formula is C17H19NO2. The van der Waals surface area contributed by atoms with Gasteiger partial charge in [-0.15, -0.1) is 0 Å². The van der Waals surface area contributed by atoms with E-state index in [-0.39, 0.29) is 18.6 Å². The number of benzene rings is 2. The summed E-state index contributed by atoms with van der Waals surface area (Å²) >= 11 is 0. The van der Waals surface area contributed by atoms with Gasteiger partial charge in [0, 0.05) is 5.56 Å². The topological polar surface area (TPSA) is 49.3 Å². The summed E-state index contributed by atoms with van der Waals surface area (Å²) in [6.45, 7) is 1.96. The van der Waals surface area contributed by atoms with Crippen LogP contribution in [0.5, 0.6) is 0 Å². The van der Waals surface area contributed by atoms with Gasteiger partial charge in [-0.1, -0.05) is 48.0 Å². The molecule has 0 aliphatic rings. The van der Waals surface area contributed by atoms with Crippen LogP contribution in [0.15, 0.2) is 54.6 Å². The zero-order valence-corrected chi connectivity index (χ0v) is 11.5. The first-order valence-corrected chi connectivity index (χ1v) is 6.71. The van der Waals surface area contributed by atoms with Crippen molar-refractivity contribution < 1.29 is 9.90 Å². The van der Waals surface area contributed by atoms with Crippen LogP contribution in [0, 0.1) is 6.92 Å². The molecule has 0 saturated carbocycles. The molecule has 0 spiro atoms. The molecule has 0 fully saturated rings. The van der Waals surface area contributed by atoms with E-state index in [2.05, 4.69) is 5.32 Å². The molecule has 0 aromatic heterocycles. The number of carbonyl (C=O) groups excluding carboxylic acids is 1. The van der Waals surface area contributed by atoms with Gasteiger partial charge in [-0.05, 0) is 31.0 Å². The fraction of sp³-hybridized carbons (Fsp3) is 0.235. The molecule has 2 N–H and O–H groups in total. The van der Waals surface area contributed by atoms with Crippen LogP contribution in [0.3, 0.4) is 0 Å². The standard InChI is InChI=1S/C17H19NO2/c1-13-7-9-14(10-8-13)11-16(12-19)18-17(20)15-5-3-2-4-6-15/h2-10,16,19H,11-12H2,1H3,(H,18,20)/t16-/m0/s1. The maximum absolute atomic E-state index is 12.0. The average molecular weight is 269 g/mol. The van der Waals surface area contributed by atoms with E-state index >= 15 is 0 Å². The predicted octanol–water partition coefficient (Wildman–Crippen LogP) is 2.33. The highest BCUT2D eigenvalue weighted by molar-refractivity contribution is 5.94. The molecule has 104 valence electrons. The summed E-state index contributed by atoms with van der Waals surface area (Å²) in [5.74, 6) is -0.156. The van der Waals surface area contributed by atoms with Crippen molar-refractivity contribution in [2.45, 2.75) is 19.4 Å². The molecule has 3 nitrogen and oxygen atoms in total. The van der Waals surface area contributed by atoms with E-state index in [0.29, 0.717) is 12.0 Å². The number of aryl methyl sites for hydroxylation is 1. The molecule has 0 unspecified atom stereocenters. The van der Waals surface area contributed by atoms with Gasteiger partial charge in [0.25, 0.3) is 5.91 Å². The largest absolute Gasteiger partial charge is 0.394 e. The molecular weight excluding hydrogens is 250 g/mol. The van der Waals surface area contributed by atoms with Gasteiger partial charge in [0.1, 0.15) is 0 Å². The third-order valence-corrected chi connectivity index (χ3v) is 3.19. The van der Waals surface area contributed by atoms with Gasteiger partial charge < -0.3 is 10.4 Å². The number of hydrogen-bond acceptors (Lipinski definition) is 2. The maximum atomic E-state index is 12.0.